The van der Waals surface area contributed by atoms with Gasteiger partial charge in [0.05, 0.1) is 12.3 Å². The molecule has 0 fully saturated rings. The molecule has 0 saturated heterocycles. The van der Waals surface area contributed by atoms with Gasteiger partial charge in [0, 0.05) is 20.9 Å². The number of nitrogens with zero attached hydrogens (tertiary/aromatic N) is 2. The first-order valence-electron chi connectivity index (χ1n) is 9.14. The monoisotopic (exact) mass is 453 g/mol. The van der Waals surface area contributed by atoms with E-state index in [-0.39, 0.29) is 5.91 Å². The Kier molecular flexibility index (Phi) is 8.06. The Labute approximate surface area is 170 Å². The molecule has 148 valence electrons. The quantitative estimate of drug-likeness (QED) is 0.405. The van der Waals surface area contributed by atoms with Crippen molar-refractivity contribution in [2.24, 2.45) is 0 Å². The normalized spacial score (nSPS) is 11.4. The number of hydrogen-bond acceptors (Lipinski definition) is 4. The lowest BCUT2D eigenvalue weighted by Crippen LogP contribution is -2.23. The molecule has 1 aromatic carbocycles. The molecule has 0 aliphatic carbocycles. The minimum Gasteiger partial charge on any atom is -0.491 e. The number of anilines is 1. The minimum absolute atomic E-state index is 0.291. The molecule has 27 heavy (non-hydrogen) atoms. The first kappa shape index (κ1) is 21.7. The molecule has 0 spiro atoms. The third kappa shape index (κ3) is 7.12. The molecule has 0 radical (unpaired) electrons. The van der Waals surface area contributed by atoms with Gasteiger partial charge in [0.2, 0.25) is 5.82 Å². The smallest absolute Gasteiger partial charge is 0.291 e. The Balaban J connectivity index is 2.04. The first-order chi connectivity index (χ1) is 12.8. The van der Waals surface area contributed by atoms with Crippen LogP contribution in [0.2, 0.25) is 25.7 Å². The van der Waals surface area contributed by atoms with E-state index < -0.39 is 8.07 Å². The van der Waals surface area contributed by atoms with Crippen LogP contribution in [0.1, 0.15) is 24.0 Å². The molecule has 1 aromatic heterocycles. The second-order valence-electron chi connectivity index (χ2n) is 7.50. The molecular formula is C19H28BrN3O3Si. The van der Waals surface area contributed by atoms with Gasteiger partial charge in [0.25, 0.3) is 5.91 Å². The first-order valence-corrected chi connectivity index (χ1v) is 13.6. The van der Waals surface area contributed by atoms with E-state index in [2.05, 4.69) is 45.9 Å². The van der Waals surface area contributed by atoms with Crippen LogP contribution in [0.15, 0.2) is 35.1 Å². The molecule has 1 heterocycles. The van der Waals surface area contributed by atoms with Crippen molar-refractivity contribution in [3.8, 4) is 5.75 Å². The van der Waals surface area contributed by atoms with E-state index in [0.29, 0.717) is 41.8 Å². The van der Waals surface area contributed by atoms with Crippen molar-refractivity contribution in [1.29, 1.82) is 0 Å². The van der Waals surface area contributed by atoms with Crippen LogP contribution >= 0.6 is 15.9 Å². The Morgan fingerprint density at radius 1 is 1.26 bits per heavy atom. The lowest BCUT2D eigenvalue weighted by molar-refractivity contribution is 0.0808. The maximum atomic E-state index is 12.7. The number of rotatable bonds is 10. The molecule has 0 bridgehead atoms. The van der Waals surface area contributed by atoms with Gasteiger partial charge in [-0.25, -0.2) is 4.98 Å². The summed E-state index contributed by atoms with van der Waals surface area (Å²) in [5.41, 5.74) is 0.626. The van der Waals surface area contributed by atoms with Gasteiger partial charge in [-0.1, -0.05) is 38.7 Å². The number of benzene rings is 1. The summed E-state index contributed by atoms with van der Waals surface area (Å²) in [5.74, 6) is 0.637. The molecule has 0 aliphatic rings. The number of ether oxygens (including phenoxy) is 2. The number of amides is 1. The SMILES string of the molecule is CCCOc1ccccc1NC(=O)c1nc(Br)cn1COCC[Si](C)(C)C. The highest BCUT2D eigenvalue weighted by atomic mass is 79.9. The van der Waals surface area contributed by atoms with Crippen LogP contribution in [0, 0.1) is 0 Å². The van der Waals surface area contributed by atoms with E-state index in [1.54, 1.807) is 10.8 Å². The van der Waals surface area contributed by atoms with Crippen LogP contribution in [0.3, 0.4) is 0 Å². The molecule has 8 heteroatoms. The number of imidazole rings is 1. The zero-order chi connectivity index (χ0) is 19.9. The fraction of sp³-hybridized carbons (Fsp3) is 0.474. The van der Waals surface area contributed by atoms with Crippen LogP contribution in [0.5, 0.6) is 5.75 Å². The van der Waals surface area contributed by atoms with Crippen molar-refractivity contribution >= 4 is 35.6 Å². The number of nitrogens with one attached hydrogen (secondary N) is 1. The third-order valence-corrected chi connectivity index (χ3v) is 5.86. The summed E-state index contributed by atoms with van der Waals surface area (Å²) >= 11 is 3.34. The number of para-hydroxylation sites is 2. The highest BCUT2D eigenvalue weighted by molar-refractivity contribution is 9.10. The van der Waals surface area contributed by atoms with E-state index >= 15 is 0 Å². The van der Waals surface area contributed by atoms with Crippen molar-refractivity contribution in [3.05, 3.63) is 40.9 Å². The average molecular weight is 454 g/mol. The largest absolute Gasteiger partial charge is 0.491 e. The molecule has 1 N–H and O–H groups in total. The van der Waals surface area contributed by atoms with E-state index in [0.717, 1.165) is 12.5 Å². The predicted octanol–water partition coefficient (Wildman–Crippen LogP) is 5.00. The standard InChI is InChI=1S/C19H28BrN3O3Si/c1-5-10-26-16-9-7-6-8-15(16)21-19(24)18-22-17(20)13-23(18)14-25-11-12-27(2,3)4/h6-9,13H,5,10-12,14H2,1-4H3,(H,21,24). The maximum absolute atomic E-state index is 12.7. The summed E-state index contributed by atoms with van der Waals surface area (Å²) in [5, 5.41) is 2.89. The van der Waals surface area contributed by atoms with Gasteiger partial charge < -0.3 is 19.4 Å². The van der Waals surface area contributed by atoms with E-state index in [9.17, 15) is 4.79 Å². The number of aromatic nitrogens is 2. The molecule has 0 atom stereocenters. The summed E-state index contributed by atoms with van der Waals surface area (Å²) in [6.07, 6.45) is 2.65. The number of carbonyl (C=O) groups excluding carboxylic acids is 1. The number of halogens is 1. The van der Waals surface area contributed by atoms with Gasteiger partial charge in [-0.3, -0.25) is 4.79 Å². The summed E-state index contributed by atoms with van der Waals surface area (Å²) < 4.78 is 13.8. The predicted molar refractivity (Wildman–Crippen MR) is 114 cm³/mol. The van der Waals surface area contributed by atoms with Crippen LogP contribution in [-0.4, -0.2) is 36.7 Å². The lowest BCUT2D eigenvalue weighted by Gasteiger charge is -2.16. The van der Waals surface area contributed by atoms with Crippen LogP contribution < -0.4 is 10.1 Å². The fourth-order valence-electron chi connectivity index (χ4n) is 2.29. The molecule has 1 amide bonds. The lowest BCUT2D eigenvalue weighted by atomic mass is 10.3. The maximum Gasteiger partial charge on any atom is 0.291 e. The third-order valence-electron chi connectivity index (χ3n) is 3.77. The molecule has 0 aliphatic heterocycles. The molecule has 0 unspecified atom stereocenters. The van der Waals surface area contributed by atoms with Gasteiger partial charge in [-0.05, 0) is 40.5 Å². The van der Waals surface area contributed by atoms with E-state index in [1.165, 1.54) is 0 Å². The Morgan fingerprint density at radius 3 is 2.70 bits per heavy atom. The summed E-state index contributed by atoms with van der Waals surface area (Å²) in [7, 11) is -1.15. The Hall–Kier alpha value is -1.64. The molecule has 0 saturated carbocycles. The van der Waals surface area contributed by atoms with Crippen molar-refractivity contribution < 1.29 is 14.3 Å². The van der Waals surface area contributed by atoms with Gasteiger partial charge in [0.1, 0.15) is 17.1 Å². The van der Waals surface area contributed by atoms with Crippen molar-refractivity contribution in [3.63, 3.8) is 0 Å². The van der Waals surface area contributed by atoms with Crippen LogP contribution in [0.25, 0.3) is 0 Å². The molecule has 2 rings (SSSR count). The second kappa shape index (κ2) is 10.1. The highest BCUT2D eigenvalue weighted by Gasteiger charge is 2.18. The summed E-state index contributed by atoms with van der Waals surface area (Å²) in [6.45, 7) is 10.5. The topological polar surface area (TPSA) is 65.4 Å². The fourth-order valence-corrected chi connectivity index (χ4v) is 3.46. The summed E-state index contributed by atoms with van der Waals surface area (Å²) in [4.78, 5) is 17.0. The Bertz CT molecular complexity index is 759. The molecule has 6 nitrogen and oxygen atoms in total. The zero-order valence-corrected chi connectivity index (χ0v) is 19.0. The molecular weight excluding hydrogens is 426 g/mol. The van der Waals surface area contributed by atoms with Crippen molar-refractivity contribution in [2.75, 3.05) is 18.5 Å². The van der Waals surface area contributed by atoms with Gasteiger partial charge in [-0.2, -0.15) is 0 Å². The van der Waals surface area contributed by atoms with E-state index in [4.69, 9.17) is 9.47 Å². The van der Waals surface area contributed by atoms with Gasteiger partial charge >= 0.3 is 0 Å². The zero-order valence-electron chi connectivity index (χ0n) is 16.4. The number of carbonyl (C=O) groups is 1. The highest BCUT2D eigenvalue weighted by Crippen LogP contribution is 2.24. The number of hydrogen-bond donors (Lipinski definition) is 1. The van der Waals surface area contributed by atoms with Crippen LogP contribution in [0.4, 0.5) is 5.69 Å². The molecule has 2 aromatic rings. The van der Waals surface area contributed by atoms with Gasteiger partial charge in [-0.15, -0.1) is 0 Å². The average Bonchev–Trinajstić information content (AvgIpc) is 2.98. The van der Waals surface area contributed by atoms with Crippen LogP contribution in [-0.2, 0) is 11.5 Å². The van der Waals surface area contributed by atoms with Crippen molar-refractivity contribution in [2.45, 2.75) is 45.8 Å². The summed E-state index contributed by atoms with van der Waals surface area (Å²) in [6, 6.07) is 8.47. The Morgan fingerprint density at radius 2 is 2.00 bits per heavy atom. The minimum atomic E-state index is -1.15. The van der Waals surface area contributed by atoms with Gasteiger partial charge in [0.15, 0.2) is 0 Å². The van der Waals surface area contributed by atoms with E-state index in [1.807, 2.05) is 31.2 Å². The van der Waals surface area contributed by atoms with Crippen molar-refractivity contribution in [1.82, 2.24) is 9.55 Å². The second-order valence-corrected chi connectivity index (χ2v) is 13.9.